The molecule has 5 heteroatoms. The summed E-state index contributed by atoms with van der Waals surface area (Å²) in [5.74, 6) is -0.472. The molecule has 22 heavy (non-hydrogen) atoms. The van der Waals surface area contributed by atoms with Gasteiger partial charge in [0.1, 0.15) is 12.1 Å². The zero-order valence-corrected chi connectivity index (χ0v) is 11.7. The SMILES string of the molecule is Cc1cccc(C2(O)NC(=O)c3cc(C#N)c(C#N)cc32)c1. The zero-order valence-electron chi connectivity index (χ0n) is 11.7. The number of nitrogens with zero attached hydrogens (tertiary/aromatic N) is 2. The first-order valence-corrected chi connectivity index (χ1v) is 6.60. The van der Waals surface area contributed by atoms with Crippen molar-refractivity contribution in [2.24, 2.45) is 0 Å². The smallest absolute Gasteiger partial charge is 0.254 e. The summed E-state index contributed by atoms with van der Waals surface area (Å²) >= 11 is 0. The molecule has 1 amide bonds. The standard InChI is InChI=1S/C17H11N3O2/c1-10-3-2-4-13(5-10)17(22)15-7-12(9-19)11(8-18)6-14(15)16(21)20-17/h2-7,22H,1H3,(H,20,21). The quantitative estimate of drug-likeness (QED) is 0.834. The molecule has 5 nitrogen and oxygen atoms in total. The number of fused-ring (bicyclic) bond motifs is 1. The third kappa shape index (κ3) is 1.85. The van der Waals surface area contributed by atoms with Crippen LogP contribution in [0.3, 0.4) is 0 Å². The first-order valence-electron chi connectivity index (χ1n) is 6.60. The van der Waals surface area contributed by atoms with Crippen LogP contribution in [-0.2, 0) is 5.72 Å². The van der Waals surface area contributed by atoms with Gasteiger partial charge in [-0.25, -0.2) is 0 Å². The Balaban J connectivity index is 2.28. The fourth-order valence-electron chi connectivity index (χ4n) is 2.67. The lowest BCUT2D eigenvalue weighted by Gasteiger charge is -2.25. The molecule has 0 bridgehead atoms. The van der Waals surface area contributed by atoms with Crippen molar-refractivity contribution >= 4 is 5.91 Å². The minimum atomic E-state index is -1.70. The van der Waals surface area contributed by atoms with Crippen LogP contribution in [0, 0.1) is 29.6 Å². The van der Waals surface area contributed by atoms with Crippen molar-refractivity contribution in [3.8, 4) is 12.1 Å². The van der Waals surface area contributed by atoms with Gasteiger partial charge in [-0.15, -0.1) is 0 Å². The molecule has 1 unspecified atom stereocenters. The zero-order chi connectivity index (χ0) is 15.9. The molecule has 3 rings (SSSR count). The Bertz CT molecular complexity index is 890. The van der Waals surface area contributed by atoms with Crippen LogP contribution in [0.2, 0.25) is 0 Å². The lowest BCUT2D eigenvalue weighted by atomic mass is 9.91. The molecular formula is C17H11N3O2. The highest BCUT2D eigenvalue weighted by molar-refractivity contribution is 6.01. The van der Waals surface area contributed by atoms with Crippen LogP contribution in [0.5, 0.6) is 0 Å². The van der Waals surface area contributed by atoms with Crippen molar-refractivity contribution in [3.05, 3.63) is 69.8 Å². The van der Waals surface area contributed by atoms with Crippen LogP contribution in [-0.4, -0.2) is 11.0 Å². The Kier molecular flexibility index (Phi) is 2.95. The Hall–Kier alpha value is -3.15. The van der Waals surface area contributed by atoms with Gasteiger partial charge in [0.2, 0.25) is 0 Å². The molecule has 0 fully saturated rings. The van der Waals surface area contributed by atoms with E-state index in [9.17, 15) is 9.90 Å². The fraction of sp³-hybridized carbons (Fsp3) is 0.118. The maximum absolute atomic E-state index is 12.1. The average Bonchev–Trinajstić information content (AvgIpc) is 2.77. The Morgan fingerprint density at radius 1 is 1.14 bits per heavy atom. The molecule has 2 aromatic rings. The van der Waals surface area contributed by atoms with Crippen molar-refractivity contribution in [2.45, 2.75) is 12.6 Å². The number of amides is 1. The van der Waals surface area contributed by atoms with E-state index in [1.165, 1.54) is 12.1 Å². The molecule has 1 aliphatic rings. The van der Waals surface area contributed by atoms with Gasteiger partial charge in [-0.05, 0) is 19.1 Å². The number of hydrogen-bond donors (Lipinski definition) is 2. The number of nitriles is 2. The second-order valence-electron chi connectivity index (χ2n) is 5.20. The summed E-state index contributed by atoms with van der Waals surface area (Å²) in [5.41, 5.74) is 0.487. The van der Waals surface area contributed by atoms with Gasteiger partial charge in [-0.2, -0.15) is 10.5 Å². The molecule has 0 saturated carbocycles. The van der Waals surface area contributed by atoms with Crippen LogP contribution < -0.4 is 5.32 Å². The van der Waals surface area contributed by atoms with Crippen molar-refractivity contribution in [1.82, 2.24) is 5.32 Å². The number of nitrogens with one attached hydrogen (secondary N) is 1. The Morgan fingerprint density at radius 3 is 2.45 bits per heavy atom. The average molecular weight is 289 g/mol. The number of aliphatic hydroxyl groups is 1. The molecule has 1 aliphatic heterocycles. The topological polar surface area (TPSA) is 96.9 Å². The third-order valence-electron chi connectivity index (χ3n) is 3.76. The molecule has 0 saturated heterocycles. The van der Waals surface area contributed by atoms with E-state index in [0.717, 1.165) is 5.56 Å². The lowest BCUT2D eigenvalue weighted by molar-refractivity contribution is 0.0475. The maximum Gasteiger partial charge on any atom is 0.254 e. The maximum atomic E-state index is 12.1. The van der Waals surface area contributed by atoms with Gasteiger partial charge in [-0.1, -0.05) is 29.8 Å². The van der Waals surface area contributed by atoms with E-state index < -0.39 is 11.6 Å². The first kappa shape index (κ1) is 13.8. The van der Waals surface area contributed by atoms with Crippen molar-refractivity contribution in [2.75, 3.05) is 0 Å². The van der Waals surface area contributed by atoms with E-state index in [0.29, 0.717) is 11.1 Å². The van der Waals surface area contributed by atoms with E-state index >= 15 is 0 Å². The molecule has 0 aliphatic carbocycles. The fourth-order valence-corrected chi connectivity index (χ4v) is 2.67. The van der Waals surface area contributed by atoms with Gasteiger partial charge in [0.25, 0.3) is 5.91 Å². The predicted molar refractivity (Wildman–Crippen MR) is 77.5 cm³/mol. The number of carbonyl (C=O) groups is 1. The Labute approximate surface area is 127 Å². The van der Waals surface area contributed by atoms with Gasteiger partial charge in [-0.3, -0.25) is 4.79 Å². The third-order valence-corrected chi connectivity index (χ3v) is 3.76. The first-order chi connectivity index (χ1) is 10.5. The van der Waals surface area contributed by atoms with Gasteiger partial charge < -0.3 is 10.4 Å². The van der Waals surface area contributed by atoms with Crippen molar-refractivity contribution < 1.29 is 9.90 Å². The van der Waals surface area contributed by atoms with Crippen molar-refractivity contribution in [3.63, 3.8) is 0 Å². The van der Waals surface area contributed by atoms with Crippen molar-refractivity contribution in [1.29, 1.82) is 10.5 Å². The van der Waals surface area contributed by atoms with Gasteiger partial charge in [0.15, 0.2) is 5.72 Å². The number of rotatable bonds is 1. The summed E-state index contributed by atoms with van der Waals surface area (Å²) in [6.45, 7) is 1.88. The monoisotopic (exact) mass is 289 g/mol. The normalized spacial score (nSPS) is 19.0. The minimum absolute atomic E-state index is 0.116. The number of carbonyl (C=O) groups excluding carboxylic acids is 1. The number of hydrogen-bond acceptors (Lipinski definition) is 4. The summed E-state index contributed by atoms with van der Waals surface area (Å²) in [6, 6.07) is 13.7. The molecule has 0 radical (unpaired) electrons. The molecule has 106 valence electrons. The van der Waals surface area contributed by atoms with Crippen LogP contribution in [0.15, 0.2) is 36.4 Å². The summed E-state index contributed by atoms with van der Waals surface area (Å²) in [7, 11) is 0. The second-order valence-corrected chi connectivity index (χ2v) is 5.20. The summed E-state index contributed by atoms with van der Waals surface area (Å²) in [5, 5.41) is 31.7. The summed E-state index contributed by atoms with van der Waals surface area (Å²) in [6.07, 6.45) is 0. The largest absolute Gasteiger partial charge is 0.363 e. The van der Waals surface area contributed by atoms with E-state index in [4.69, 9.17) is 10.5 Å². The predicted octanol–water partition coefficient (Wildman–Crippen LogP) is 1.68. The van der Waals surface area contributed by atoms with Gasteiger partial charge in [0, 0.05) is 16.7 Å². The van der Waals surface area contributed by atoms with Gasteiger partial charge in [0.05, 0.1) is 11.1 Å². The van der Waals surface area contributed by atoms with Crippen LogP contribution in [0.1, 0.15) is 38.2 Å². The minimum Gasteiger partial charge on any atom is -0.363 e. The molecule has 2 N–H and O–H groups in total. The van der Waals surface area contributed by atoms with E-state index in [-0.39, 0.29) is 16.7 Å². The summed E-state index contributed by atoms with van der Waals surface area (Å²) in [4.78, 5) is 12.1. The molecule has 1 atom stereocenters. The number of aryl methyl sites for hydroxylation is 1. The van der Waals surface area contributed by atoms with Gasteiger partial charge >= 0.3 is 0 Å². The van der Waals surface area contributed by atoms with Crippen LogP contribution in [0.25, 0.3) is 0 Å². The molecule has 1 heterocycles. The van der Waals surface area contributed by atoms with E-state index in [1.54, 1.807) is 18.2 Å². The van der Waals surface area contributed by atoms with Crippen LogP contribution >= 0.6 is 0 Å². The molecule has 0 spiro atoms. The summed E-state index contributed by atoms with van der Waals surface area (Å²) < 4.78 is 0. The molecular weight excluding hydrogens is 278 g/mol. The lowest BCUT2D eigenvalue weighted by Crippen LogP contribution is -2.40. The molecule has 2 aromatic carbocycles. The Morgan fingerprint density at radius 2 is 1.82 bits per heavy atom. The highest BCUT2D eigenvalue weighted by Crippen LogP contribution is 2.36. The van der Waals surface area contributed by atoms with E-state index in [2.05, 4.69) is 5.32 Å². The molecule has 0 aromatic heterocycles. The highest BCUT2D eigenvalue weighted by atomic mass is 16.3. The van der Waals surface area contributed by atoms with Crippen LogP contribution in [0.4, 0.5) is 0 Å². The highest BCUT2D eigenvalue weighted by Gasteiger charge is 2.43. The second kappa shape index (κ2) is 4.70. The van der Waals surface area contributed by atoms with E-state index in [1.807, 2.05) is 25.1 Å². The number of benzene rings is 2.